The Bertz CT molecular complexity index is 349. The van der Waals surface area contributed by atoms with Gasteiger partial charge in [-0.2, -0.15) is 0 Å². The SMILES string of the molecule is CCCC(C)(CCl)Cc1ccc(Cl)cc1Cl. The van der Waals surface area contributed by atoms with Crippen LogP contribution in [0.2, 0.25) is 10.0 Å². The van der Waals surface area contributed by atoms with Crippen LogP contribution in [-0.4, -0.2) is 5.88 Å². The topological polar surface area (TPSA) is 0 Å². The van der Waals surface area contributed by atoms with Gasteiger partial charge < -0.3 is 0 Å². The molecular formula is C13H17Cl3. The first-order valence-corrected chi connectivity index (χ1v) is 6.80. The molecule has 0 bridgehead atoms. The summed E-state index contributed by atoms with van der Waals surface area (Å²) in [5.41, 5.74) is 1.25. The number of alkyl halides is 1. The molecule has 90 valence electrons. The zero-order chi connectivity index (χ0) is 12.2. The van der Waals surface area contributed by atoms with Crippen LogP contribution >= 0.6 is 34.8 Å². The molecule has 0 heterocycles. The molecule has 0 N–H and O–H groups in total. The Hall–Kier alpha value is 0.0900. The van der Waals surface area contributed by atoms with Gasteiger partial charge in [0.05, 0.1) is 0 Å². The minimum Gasteiger partial charge on any atom is -0.126 e. The van der Waals surface area contributed by atoms with Crippen LogP contribution in [-0.2, 0) is 6.42 Å². The summed E-state index contributed by atoms with van der Waals surface area (Å²) in [6, 6.07) is 5.66. The van der Waals surface area contributed by atoms with Gasteiger partial charge in [-0.1, -0.05) is 49.5 Å². The maximum Gasteiger partial charge on any atom is 0.0453 e. The summed E-state index contributed by atoms with van der Waals surface area (Å²) in [5, 5.41) is 1.41. The van der Waals surface area contributed by atoms with E-state index in [1.807, 2.05) is 12.1 Å². The zero-order valence-corrected chi connectivity index (χ0v) is 12.0. The fourth-order valence-electron chi connectivity index (χ4n) is 1.93. The Morgan fingerprint density at radius 2 is 1.94 bits per heavy atom. The van der Waals surface area contributed by atoms with E-state index in [1.54, 1.807) is 6.07 Å². The molecule has 0 aliphatic carbocycles. The lowest BCUT2D eigenvalue weighted by Gasteiger charge is -2.27. The number of rotatable bonds is 5. The highest BCUT2D eigenvalue weighted by Gasteiger charge is 2.23. The molecule has 1 aromatic rings. The Morgan fingerprint density at radius 3 is 2.44 bits per heavy atom. The molecule has 0 radical (unpaired) electrons. The normalized spacial score (nSPS) is 14.8. The summed E-state index contributed by atoms with van der Waals surface area (Å²) >= 11 is 18.1. The highest BCUT2D eigenvalue weighted by atomic mass is 35.5. The van der Waals surface area contributed by atoms with Gasteiger partial charge in [-0.3, -0.25) is 0 Å². The van der Waals surface area contributed by atoms with E-state index >= 15 is 0 Å². The molecule has 0 amide bonds. The van der Waals surface area contributed by atoms with Crippen molar-refractivity contribution in [1.29, 1.82) is 0 Å². The summed E-state index contributed by atoms with van der Waals surface area (Å²) in [5.74, 6) is 0.653. The second-order valence-electron chi connectivity index (χ2n) is 4.61. The van der Waals surface area contributed by atoms with Crippen molar-refractivity contribution >= 4 is 34.8 Å². The van der Waals surface area contributed by atoms with Gasteiger partial charge >= 0.3 is 0 Å². The largest absolute Gasteiger partial charge is 0.126 e. The van der Waals surface area contributed by atoms with Crippen molar-refractivity contribution in [2.45, 2.75) is 33.1 Å². The molecule has 3 heteroatoms. The van der Waals surface area contributed by atoms with Crippen LogP contribution in [0.25, 0.3) is 0 Å². The first kappa shape index (κ1) is 14.2. The third kappa shape index (κ3) is 3.84. The minimum atomic E-state index is 0.119. The molecule has 0 aliphatic rings. The Kier molecular flexibility index (Phi) is 5.43. The van der Waals surface area contributed by atoms with Crippen molar-refractivity contribution in [1.82, 2.24) is 0 Å². The third-order valence-corrected chi connectivity index (χ3v) is 4.04. The van der Waals surface area contributed by atoms with Crippen molar-refractivity contribution in [3.05, 3.63) is 33.8 Å². The van der Waals surface area contributed by atoms with Gasteiger partial charge in [-0.15, -0.1) is 11.6 Å². The molecule has 16 heavy (non-hydrogen) atoms. The average molecular weight is 280 g/mol. The highest BCUT2D eigenvalue weighted by molar-refractivity contribution is 6.35. The molecule has 0 saturated carbocycles. The summed E-state index contributed by atoms with van der Waals surface area (Å²) < 4.78 is 0. The first-order valence-electron chi connectivity index (χ1n) is 5.50. The minimum absolute atomic E-state index is 0.119. The van der Waals surface area contributed by atoms with Crippen molar-refractivity contribution < 1.29 is 0 Å². The Morgan fingerprint density at radius 1 is 1.25 bits per heavy atom. The predicted octanol–water partition coefficient (Wildman–Crippen LogP) is 5.58. The fourth-order valence-corrected chi connectivity index (χ4v) is 2.63. The van der Waals surface area contributed by atoms with Gasteiger partial charge in [-0.25, -0.2) is 0 Å². The average Bonchev–Trinajstić information content (AvgIpc) is 2.23. The van der Waals surface area contributed by atoms with Crippen molar-refractivity contribution in [3.8, 4) is 0 Å². The molecule has 0 nitrogen and oxygen atoms in total. The van der Waals surface area contributed by atoms with E-state index in [1.165, 1.54) is 0 Å². The molecule has 0 aromatic heterocycles. The predicted molar refractivity (Wildman–Crippen MR) is 73.9 cm³/mol. The van der Waals surface area contributed by atoms with Crippen LogP contribution in [0.4, 0.5) is 0 Å². The van der Waals surface area contributed by atoms with Crippen LogP contribution < -0.4 is 0 Å². The monoisotopic (exact) mass is 278 g/mol. The summed E-state index contributed by atoms with van der Waals surface area (Å²) in [6.45, 7) is 4.38. The van der Waals surface area contributed by atoms with E-state index in [-0.39, 0.29) is 5.41 Å². The summed E-state index contributed by atoms with van der Waals surface area (Å²) in [4.78, 5) is 0. The maximum atomic E-state index is 6.17. The van der Waals surface area contributed by atoms with Crippen LogP contribution in [0.5, 0.6) is 0 Å². The van der Waals surface area contributed by atoms with Gasteiger partial charge in [-0.05, 0) is 36.0 Å². The van der Waals surface area contributed by atoms with Gasteiger partial charge in [0.25, 0.3) is 0 Å². The fraction of sp³-hybridized carbons (Fsp3) is 0.538. The quantitative estimate of drug-likeness (QED) is 0.617. The van der Waals surface area contributed by atoms with E-state index in [9.17, 15) is 0 Å². The molecule has 0 spiro atoms. The molecule has 1 unspecified atom stereocenters. The molecule has 1 rings (SSSR count). The highest BCUT2D eigenvalue weighted by Crippen LogP contribution is 2.33. The van der Waals surface area contributed by atoms with E-state index in [0.29, 0.717) is 10.9 Å². The van der Waals surface area contributed by atoms with Crippen LogP contribution in [0.1, 0.15) is 32.3 Å². The van der Waals surface area contributed by atoms with E-state index in [4.69, 9.17) is 34.8 Å². The Labute approximate surface area is 113 Å². The molecule has 0 saturated heterocycles. The van der Waals surface area contributed by atoms with E-state index in [0.717, 1.165) is 29.8 Å². The van der Waals surface area contributed by atoms with Gasteiger partial charge in [0.2, 0.25) is 0 Å². The number of halogens is 3. The smallest absolute Gasteiger partial charge is 0.0453 e. The molecule has 1 atom stereocenters. The van der Waals surface area contributed by atoms with Crippen LogP contribution in [0, 0.1) is 5.41 Å². The lowest BCUT2D eigenvalue weighted by Crippen LogP contribution is -2.21. The standard InChI is InChI=1S/C13H17Cl3/c1-3-6-13(2,9-14)8-10-4-5-11(15)7-12(10)16/h4-5,7H,3,6,8-9H2,1-2H3. The van der Waals surface area contributed by atoms with E-state index in [2.05, 4.69) is 13.8 Å². The van der Waals surface area contributed by atoms with Crippen LogP contribution in [0.3, 0.4) is 0 Å². The van der Waals surface area contributed by atoms with Crippen molar-refractivity contribution in [2.75, 3.05) is 5.88 Å². The summed E-state index contributed by atoms with van der Waals surface area (Å²) in [7, 11) is 0. The number of hydrogen-bond acceptors (Lipinski definition) is 0. The molecule has 0 aliphatic heterocycles. The van der Waals surface area contributed by atoms with Gasteiger partial charge in [0.1, 0.15) is 0 Å². The van der Waals surface area contributed by atoms with Crippen molar-refractivity contribution in [3.63, 3.8) is 0 Å². The van der Waals surface area contributed by atoms with Gasteiger partial charge in [0, 0.05) is 15.9 Å². The lowest BCUT2D eigenvalue weighted by molar-refractivity contribution is 0.335. The molecule has 0 fully saturated rings. The third-order valence-electron chi connectivity index (χ3n) is 2.81. The Balaban J connectivity index is 2.85. The lowest BCUT2D eigenvalue weighted by atomic mass is 9.81. The number of hydrogen-bond donors (Lipinski definition) is 0. The summed E-state index contributed by atoms with van der Waals surface area (Å²) in [6.07, 6.45) is 3.14. The van der Waals surface area contributed by atoms with Crippen molar-refractivity contribution in [2.24, 2.45) is 5.41 Å². The van der Waals surface area contributed by atoms with Gasteiger partial charge in [0.15, 0.2) is 0 Å². The number of benzene rings is 1. The first-order chi connectivity index (χ1) is 7.50. The second-order valence-corrected chi connectivity index (χ2v) is 5.72. The van der Waals surface area contributed by atoms with E-state index < -0.39 is 0 Å². The maximum absolute atomic E-state index is 6.17. The molecular weight excluding hydrogens is 263 g/mol. The zero-order valence-electron chi connectivity index (χ0n) is 9.69. The molecule has 1 aromatic carbocycles. The van der Waals surface area contributed by atoms with Crippen LogP contribution in [0.15, 0.2) is 18.2 Å². The second kappa shape index (κ2) is 6.14.